The predicted octanol–water partition coefficient (Wildman–Crippen LogP) is 1.33. The minimum absolute atomic E-state index is 0.00657. The summed E-state index contributed by atoms with van der Waals surface area (Å²) in [4.78, 5) is 11.6. The third-order valence-electron chi connectivity index (χ3n) is 2.15. The van der Waals surface area contributed by atoms with E-state index < -0.39 is 0 Å². The van der Waals surface area contributed by atoms with E-state index in [4.69, 9.17) is 0 Å². The number of benzene rings is 1. The van der Waals surface area contributed by atoms with E-state index in [2.05, 4.69) is 10.6 Å². The molecule has 0 aliphatic carbocycles. The van der Waals surface area contributed by atoms with Gasteiger partial charge in [-0.05, 0) is 25.6 Å². The zero-order valence-electron chi connectivity index (χ0n) is 9.34. The lowest BCUT2D eigenvalue weighted by Gasteiger charge is -2.05. The SMILES string of the molecule is CCNCCNC(=O)c1ccc(C)cc1. The minimum atomic E-state index is -0.00657. The van der Waals surface area contributed by atoms with Crippen LogP contribution in [-0.4, -0.2) is 25.5 Å². The number of hydrogen-bond donors (Lipinski definition) is 2. The van der Waals surface area contributed by atoms with Gasteiger partial charge < -0.3 is 10.6 Å². The van der Waals surface area contributed by atoms with Gasteiger partial charge in [-0.15, -0.1) is 0 Å². The number of rotatable bonds is 5. The van der Waals surface area contributed by atoms with Crippen molar-refractivity contribution < 1.29 is 4.79 Å². The zero-order chi connectivity index (χ0) is 11.1. The fraction of sp³-hybridized carbons (Fsp3) is 0.417. The van der Waals surface area contributed by atoms with Crippen molar-refractivity contribution in [2.75, 3.05) is 19.6 Å². The van der Waals surface area contributed by atoms with Gasteiger partial charge in [0.25, 0.3) is 5.91 Å². The molecule has 1 aromatic rings. The molecule has 1 amide bonds. The normalized spacial score (nSPS) is 10.0. The number of carbonyl (C=O) groups is 1. The van der Waals surface area contributed by atoms with E-state index in [-0.39, 0.29) is 5.91 Å². The maximum absolute atomic E-state index is 11.6. The summed E-state index contributed by atoms with van der Waals surface area (Å²) in [5.74, 6) is -0.00657. The summed E-state index contributed by atoms with van der Waals surface area (Å²) in [6.45, 7) is 6.46. The number of nitrogens with one attached hydrogen (secondary N) is 2. The van der Waals surface area contributed by atoms with Crippen LogP contribution < -0.4 is 10.6 Å². The summed E-state index contributed by atoms with van der Waals surface area (Å²) in [5, 5.41) is 6.00. The van der Waals surface area contributed by atoms with Crippen LogP contribution in [0.3, 0.4) is 0 Å². The third kappa shape index (κ3) is 4.13. The van der Waals surface area contributed by atoms with Crippen LogP contribution >= 0.6 is 0 Å². The van der Waals surface area contributed by atoms with Gasteiger partial charge in [-0.1, -0.05) is 24.6 Å². The molecule has 0 bridgehead atoms. The summed E-state index contributed by atoms with van der Waals surface area (Å²) < 4.78 is 0. The van der Waals surface area contributed by atoms with E-state index in [0.29, 0.717) is 6.54 Å². The van der Waals surface area contributed by atoms with Gasteiger partial charge in [0.1, 0.15) is 0 Å². The Morgan fingerprint density at radius 2 is 1.87 bits per heavy atom. The largest absolute Gasteiger partial charge is 0.351 e. The van der Waals surface area contributed by atoms with Gasteiger partial charge >= 0.3 is 0 Å². The number of amides is 1. The number of likely N-dealkylation sites (N-methyl/N-ethyl adjacent to an activating group) is 1. The van der Waals surface area contributed by atoms with Crippen molar-refractivity contribution in [3.63, 3.8) is 0 Å². The number of carbonyl (C=O) groups excluding carboxylic acids is 1. The van der Waals surface area contributed by atoms with Crippen molar-refractivity contribution in [2.45, 2.75) is 13.8 Å². The van der Waals surface area contributed by atoms with Crippen LogP contribution in [0.4, 0.5) is 0 Å². The predicted molar refractivity (Wildman–Crippen MR) is 62.1 cm³/mol. The highest BCUT2D eigenvalue weighted by molar-refractivity contribution is 5.94. The summed E-state index contributed by atoms with van der Waals surface area (Å²) in [6, 6.07) is 7.58. The first-order valence-corrected chi connectivity index (χ1v) is 5.29. The maximum atomic E-state index is 11.6. The molecular formula is C12H18N2O. The topological polar surface area (TPSA) is 41.1 Å². The van der Waals surface area contributed by atoms with Crippen molar-refractivity contribution in [1.82, 2.24) is 10.6 Å². The van der Waals surface area contributed by atoms with E-state index in [1.165, 1.54) is 5.56 Å². The molecule has 0 unspecified atom stereocenters. The highest BCUT2D eigenvalue weighted by atomic mass is 16.1. The molecule has 15 heavy (non-hydrogen) atoms. The van der Waals surface area contributed by atoms with Crippen molar-refractivity contribution in [3.05, 3.63) is 35.4 Å². The van der Waals surface area contributed by atoms with Crippen molar-refractivity contribution in [1.29, 1.82) is 0 Å². The first-order chi connectivity index (χ1) is 7.24. The molecule has 3 nitrogen and oxygen atoms in total. The molecule has 0 saturated carbocycles. The summed E-state index contributed by atoms with van der Waals surface area (Å²) in [5.41, 5.74) is 1.89. The Hall–Kier alpha value is -1.35. The van der Waals surface area contributed by atoms with Gasteiger partial charge in [0.15, 0.2) is 0 Å². The molecule has 0 heterocycles. The molecule has 0 saturated heterocycles. The van der Waals surface area contributed by atoms with Crippen LogP contribution in [0.2, 0.25) is 0 Å². The highest BCUT2D eigenvalue weighted by Gasteiger charge is 2.02. The van der Waals surface area contributed by atoms with Crippen molar-refractivity contribution in [2.24, 2.45) is 0 Å². The molecule has 3 heteroatoms. The van der Waals surface area contributed by atoms with Gasteiger partial charge in [0, 0.05) is 18.7 Å². The molecule has 2 N–H and O–H groups in total. The fourth-order valence-corrected chi connectivity index (χ4v) is 1.25. The standard InChI is InChI=1S/C12H18N2O/c1-3-13-8-9-14-12(15)11-6-4-10(2)5-7-11/h4-7,13H,3,8-9H2,1-2H3,(H,14,15). The molecule has 0 radical (unpaired) electrons. The van der Waals surface area contributed by atoms with Crippen LogP contribution in [0.5, 0.6) is 0 Å². The van der Waals surface area contributed by atoms with Gasteiger partial charge in [0.2, 0.25) is 0 Å². The number of hydrogen-bond acceptors (Lipinski definition) is 2. The van der Waals surface area contributed by atoms with Crippen LogP contribution in [-0.2, 0) is 0 Å². The van der Waals surface area contributed by atoms with Crippen LogP contribution in [0.1, 0.15) is 22.8 Å². The van der Waals surface area contributed by atoms with E-state index in [1.807, 2.05) is 38.1 Å². The second-order valence-corrected chi connectivity index (χ2v) is 3.48. The third-order valence-corrected chi connectivity index (χ3v) is 2.15. The summed E-state index contributed by atoms with van der Waals surface area (Å²) in [6.07, 6.45) is 0. The molecule has 82 valence electrons. The van der Waals surface area contributed by atoms with Gasteiger partial charge in [0.05, 0.1) is 0 Å². The second-order valence-electron chi connectivity index (χ2n) is 3.48. The molecule has 0 aliphatic rings. The van der Waals surface area contributed by atoms with Crippen LogP contribution in [0, 0.1) is 6.92 Å². The minimum Gasteiger partial charge on any atom is -0.351 e. The van der Waals surface area contributed by atoms with E-state index in [0.717, 1.165) is 18.7 Å². The van der Waals surface area contributed by atoms with E-state index in [1.54, 1.807) is 0 Å². The molecular weight excluding hydrogens is 188 g/mol. The summed E-state index contributed by atoms with van der Waals surface area (Å²) >= 11 is 0. The second kappa shape index (κ2) is 6.19. The molecule has 0 fully saturated rings. The van der Waals surface area contributed by atoms with Crippen molar-refractivity contribution >= 4 is 5.91 Å². The Morgan fingerprint density at radius 3 is 2.47 bits per heavy atom. The van der Waals surface area contributed by atoms with E-state index >= 15 is 0 Å². The Labute approximate surface area is 90.9 Å². The lowest BCUT2D eigenvalue weighted by molar-refractivity contribution is 0.0954. The van der Waals surface area contributed by atoms with Gasteiger partial charge in [-0.25, -0.2) is 0 Å². The number of aryl methyl sites for hydroxylation is 1. The van der Waals surface area contributed by atoms with Gasteiger partial charge in [-0.2, -0.15) is 0 Å². The maximum Gasteiger partial charge on any atom is 0.251 e. The first kappa shape index (κ1) is 11.7. The molecule has 0 aliphatic heterocycles. The molecule has 1 aromatic carbocycles. The van der Waals surface area contributed by atoms with Crippen LogP contribution in [0.15, 0.2) is 24.3 Å². The smallest absolute Gasteiger partial charge is 0.251 e. The Morgan fingerprint density at radius 1 is 1.20 bits per heavy atom. The highest BCUT2D eigenvalue weighted by Crippen LogP contribution is 2.02. The summed E-state index contributed by atoms with van der Waals surface area (Å²) in [7, 11) is 0. The molecule has 0 atom stereocenters. The molecule has 0 aromatic heterocycles. The Kier molecular flexibility index (Phi) is 4.84. The van der Waals surface area contributed by atoms with Crippen molar-refractivity contribution in [3.8, 4) is 0 Å². The van der Waals surface area contributed by atoms with Gasteiger partial charge in [-0.3, -0.25) is 4.79 Å². The average Bonchev–Trinajstić information content (AvgIpc) is 2.25. The Balaban J connectivity index is 2.37. The fourth-order valence-electron chi connectivity index (χ4n) is 1.25. The van der Waals surface area contributed by atoms with E-state index in [9.17, 15) is 4.79 Å². The lowest BCUT2D eigenvalue weighted by Crippen LogP contribution is -2.31. The van der Waals surface area contributed by atoms with Crippen LogP contribution in [0.25, 0.3) is 0 Å². The first-order valence-electron chi connectivity index (χ1n) is 5.29. The Bertz CT molecular complexity index is 306. The average molecular weight is 206 g/mol. The monoisotopic (exact) mass is 206 g/mol. The zero-order valence-corrected chi connectivity index (χ0v) is 9.34. The molecule has 1 rings (SSSR count). The lowest BCUT2D eigenvalue weighted by atomic mass is 10.1. The quantitative estimate of drug-likeness (QED) is 0.714. The molecule has 0 spiro atoms.